The first kappa shape index (κ1) is 18.3. The molecule has 0 bridgehead atoms. The van der Waals surface area contributed by atoms with Crippen LogP contribution in [-0.4, -0.2) is 12.5 Å². The molecule has 0 fully saturated rings. The number of ether oxygens (including phenoxy) is 2. The minimum Gasteiger partial charge on any atom is -0.491 e. The molecule has 0 saturated carbocycles. The van der Waals surface area contributed by atoms with E-state index in [0.29, 0.717) is 36.6 Å². The van der Waals surface area contributed by atoms with E-state index in [2.05, 4.69) is 5.32 Å². The molecule has 27 heavy (non-hydrogen) atoms. The van der Waals surface area contributed by atoms with Gasteiger partial charge in [0.05, 0.1) is 12.3 Å². The summed E-state index contributed by atoms with van der Waals surface area (Å²) in [5.74, 6) is 2.07. The molecule has 0 aliphatic carbocycles. The first-order valence-corrected chi connectivity index (χ1v) is 8.81. The van der Waals surface area contributed by atoms with Crippen LogP contribution < -0.4 is 20.5 Å². The number of benzene rings is 3. The first-order chi connectivity index (χ1) is 13.2. The van der Waals surface area contributed by atoms with Gasteiger partial charge < -0.3 is 20.5 Å². The molecule has 3 N–H and O–H groups in total. The van der Waals surface area contributed by atoms with Gasteiger partial charge in [-0.15, -0.1) is 0 Å². The second-order valence-electron chi connectivity index (χ2n) is 5.98. The van der Waals surface area contributed by atoms with Crippen LogP contribution in [0.5, 0.6) is 17.2 Å². The molecule has 3 aromatic rings. The van der Waals surface area contributed by atoms with Gasteiger partial charge in [0.15, 0.2) is 0 Å². The van der Waals surface area contributed by atoms with E-state index in [-0.39, 0.29) is 5.91 Å². The van der Waals surface area contributed by atoms with E-state index >= 15 is 0 Å². The average Bonchev–Trinajstić information content (AvgIpc) is 2.69. The summed E-state index contributed by atoms with van der Waals surface area (Å²) < 4.78 is 11.3. The van der Waals surface area contributed by atoms with E-state index in [1.807, 2.05) is 72.8 Å². The van der Waals surface area contributed by atoms with Gasteiger partial charge in [-0.3, -0.25) is 4.79 Å². The SMILES string of the molecule is Nc1ccccc1OCCCC(=O)Nc1ccc(Oc2ccccc2)cc1. The second-order valence-corrected chi connectivity index (χ2v) is 5.98. The zero-order valence-corrected chi connectivity index (χ0v) is 14.9. The number of nitrogen functional groups attached to an aromatic ring is 1. The van der Waals surface area contributed by atoms with Gasteiger partial charge in [-0.2, -0.15) is 0 Å². The molecule has 3 rings (SSSR count). The number of anilines is 2. The Kier molecular flexibility index (Phi) is 6.30. The molecule has 0 radical (unpaired) electrons. The van der Waals surface area contributed by atoms with Gasteiger partial charge >= 0.3 is 0 Å². The summed E-state index contributed by atoms with van der Waals surface area (Å²) in [4.78, 5) is 12.0. The number of nitrogens with two attached hydrogens (primary N) is 1. The van der Waals surface area contributed by atoms with Crippen molar-refractivity contribution in [3.63, 3.8) is 0 Å². The number of amides is 1. The Morgan fingerprint density at radius 3 is 2.26 bits per heavy atom. The molecule has 0 heterocycles. The van der Waals surface area contributed by atoms with Crippen LogP contribution in [0.1, 0.15) is 12.8 Å². The Morgan fingerprint density at radius 2 is 1.52 bits per heavy atom. The molecule has 0 aromatic heterocycles. The standard InChI is InChI=1S/C22H22N2O3/c23-20-9-4-5-10-21(20)26-16-6-11-22(25)24-17-12-14-19(15-13-17)27-18-7-2-1-3-8-18/h1-5,7-10,12-15H,6,11,16,23H2,(H,24,25). The maximum atomic E-state index is 12.0. The lowest BCUT2D eigenvalue weighted by molar-refractivity contribution is -0.116. The molecule has 5 heteroatoms. The van der Waals surface area contributed by atoms with Crippen molar-refractivity contribution in [1.82, 2.24) is 0 Å². The molecule has 5 nitrogen and oxygen atoms in total. The fourth-order valence-electron chi connectivity index (χ4n) is 2.48. The smallest absolute Gasteiger partial charge is 0.224 e. The number of hydrogen-bond donors (Lipinski definition) is 2. The molecule has 0 unspecified atom stereocenters. The number of hydrogen-bond acceptors (Lipinski definition) is 4. The maximum Gasteiger partial charge on any atom is 0.224 e. The summed E-state index contributed by atoms with van der Waals surface area (Å²) in [7, 11) is 0. The van der Waals surface area contributed by atoms with E-state index < -0.39 is 0 Å². The van der Waals surface area contributed by atoms with E-state index in [4.69, 9.17) is 15.2 Å². The Labute approximate surface area is 158 Å². The molecule has 1 amide bonds. The Bertz CT molecular complexity index is 864. The van der Waals surface area contributed by atoms with E-state index in [9.17, 15) is 4.79 Å². The quantitative estimate of drug-likeness (QED) is 0.443. The predicted octanol–water partition coefficient (Wildman–Crippen LogP) is 4.86. The Morgan fingerprint density at radius 1 is 0.852 bits per heavy atom. The summed E-state index contributed by atoms with van der Waals surface area (Å²) in [5, 5.41) is 2.87. The minimum absolute atomic E-state index is 0.0589. The van der Waals surface area contributed by atoms with Crippen molar-refractivity contribution in [2.75, 3.05) is 17.7 Å². The lowest BCUT2D eigenvalue weighted by atomic mass is 10.2. The Balaban J connectivity index is 1.41. The number of para-hydroxylation sites is 3. The Hall–Kier alpha value is -3.47. The summed E-state index contributed by atoms with van der Waals surface area (Å²) in [6.45, 7) is 0.436. The van der Waals surface area contributed by atoms with Crippen LogP contribution in [0.2, 0.25) is 0 Å². The number of carbonyl (C=O) groups excluding carboxylic acids is 1. The molecule has 0 aliphatic heterocycles. The van der Waals surface area contributed by atoms with Gasteiger partial charge in [0.2, 0.25) is 5.91 Å². The van der Waals surface area contributed by atoms with Crippen LogP contribution in [0.15, 0.2) is 78.9 Å². The normalized spacial score (nSPS) is 10.2. The number of rotatable bonds is 8. The summed E-state index contributed by atoms with van der Waals surface area (Å²) in [6, 6.07) is 24.1. The van der Waals surface area contributed by atoms with Gasteiger partial charge in [-0.1, -0.05) is 30.3 Å². The summed E-state index contributed by atoms with van der Waals surface area (Å²) in [5.41, 5.74) is 7.14. The third-order valence-corrected chi connectivity index (χ3v) is 3.84. The lowest BCUT2D eigenvalue weighted by Gasteiger charge is -2.09. The van der Waals surface area contributed by atoms with Crippen molar-refractivity contribution in [2.45, 2.75) is 12.8 Å². The van der Waals surface area contributed by atoms with Crippen LogP contribution in [0.3, 0.4) is 0 Å². The van der Waals surface area contributed by atoms with Gasteiger partial charge in [-0.05, 0) is 55.0 Å². The monoisotopic (exact) mass is 362 g/mol. The molecule has 3 aromatic carbocycles. The third-order valence-electron chi connectivity index (χ3n) is 3.84. The molecule has 138 valence electrons. The van der Waals surface area contributed by atoms with Crippen molar-refractivity contribution < 1.29 is 14.3 Å². The highest BCUT2D eigenvalue weighted by atomic mass is 16.5. The van der Waals surface area contributed by atoms with E-state index in [1.165, 1.54) is 0 Å². The van der Waals surface area contributed by atoms with Crippen molar-refractivity contribution in [3.05, 3.63) is 78.9 Å². The van der Waals surface area contributed by atoms with Crippen molar-refractivity contribution >= 4 is 17.3 Å². The van der Waals surface area contributed by atoms with Gasteiger partial charge in [0.25, 0.3) is 0 Å². The van der Waals surface area contributed by atoms with Gasteiger partial charge in [-0.25, -0.2) is 0 Å². The van der Waals surface area contributed by atoms with Crippen molar-refractivity contribution in [1.29, 1.82) is 0 Å². The topological polar surface area (TPSA) is 73.6 Å². The zero-order chi connectivity index (χ0) is 18.9. The van der Waals surface area contributed by atoms with Crippen LogP contribution in [-0.2, 0) is 4.79 Å². The highest BCUT2D eigenvalue weighted by Gasteiger charge is 2.04. The van der Waals surface area contributed by atoms with Crippen LogP contribution in [0, 0.1) is 0 Å². The fraction of sp³-hybridized carbons (Fsp3) is 0.136. The van der Waals surface area contributed by atoms with Gasteiger partial charge in [0, 0.05) is 12.1 Å². The molecule has 0 saturated heterocycles. The van der Waals surface area contributed by atoms with E-state index in [1.54, 1.807) is 6.07 Å². The summed E-state index contributed by atoms with van der Waals surface area (Å²) in [6.07, 6.45) is 0.977. The maximum absolute atomic E-state index is 12.0. The predicted molar refractivity (Wildman–Crippen MR) is 107 cm³/mol. The number of carbonyl (C=O) groups is 1. The van der Waals surface area contributed by atoms with Crippen LogP contribution in [0.25, 0.3) is 0 Å². The largest absolute Gasteiger partial charge is 0.491 e. The zero-order valence-electron chi connectivity index (χ0n) is 14.9. The van der Waals surface area contributed by atoms with E-state index in [0.717, 1.165) is 11.4 Å². The van der Waals surface area contributed by atoms with Crippen LogP contribution in [0.4, 0.5) is 11.4 Å². The fourth-order valence-corrected chi connectivity index (χ4v) is 2.48. The molecule has 0 aliphatic rings. The second kappa shape index (κ2) is 9.29. The average molecular weight is 362 g/mol. The van der Waals surface area contributed by atoms with Crippen LogP contribution >= 0.6 is 0 Å². The summed E-state index contributed by atoms with van der Waals surface area (Å²) >= 11 is 0. The number of nitrogens with one attached hydrogen (secondary N) is 1. The minimum atomic E-state index is -0.0589. The first-order valence-electron chi connectivity index (χ1n) is 8.81. The highest BCUT2D eigenvalue weighted by molar-refractivity contribution is 5.90. The van der Waals surface area contributed by atoms with Crippen molar-refractivity contribution in [2.24, 2.45) is 0 Å². The molecule has 0 spiro atoms. The lowest BCUT2D eigenvalue weighted by Crippen LogP contribution is -2.12. The van der Waals surface area contributed by atoms with Gasteiger partial charge in [0.1, 0.15) is 17.2 Å². The third kappa shape index (κ3) is 5.78. The van der Waals surface area contributed by atoms with Crippen molar-refractivity contribution in [3.8, 4) is 17.2 Å². The molecular formula is C22H22N2O3. The molecule has 0 atom stereocenters. The molecular weight excluding hydrogens is 340 g/mol. The highest BCUT2D eigenvalue weighted by Crippen LogP contribution is 2.23.